The van der Waals surface area contributed by atoms with E-state index in [1.165, 1.54) is 6.07 Å². The number of thiocarbonyl (C=S) groups is 1. The molecule has 0 radical (unpaired) electrons. The highest BCUT2D eigenvalue weighted by molar-refractivity contribution is 7.80. The molecule has 9 heteroatoms. The Hall–Kier alpha value is -2.06. The van der Waals surface area contributed by atoms with Crippen LogP contribution in [0.4, 0.5) is 18.9 Å². The van der Waals surface area contributed by atoms with Gasteiger partial charge in [0.15, 0.2) is 5.11 Å². The highest BCUT2D eigenvalue weighted by Gasteiger charge is 2.36. The Balaban J connectivity index is 1.54. The summed E-state index contributed by atoms with van der Waals surface area (Å²) in [5.41, 5.74) is 0.324. The standard InChI is InChI=1S/C19H17ClF3N3OS/c20-14-5-4-13(19(21,22)23)7-15(14)24-18(28)25-8-11-6-12(10-25)16-2-1-3-17(27)26(16)9-11/h1-5,7,11-12H,6,8-10H2,(H,24,28). The van der Waals surface area contributed by atoms with Gasteiger partial charge >= 0.3 is 6.18 Å². The number of halogens is 4. The van der Waals surface area contributed by atoms with E-state index in [0.29, 0.717) is 24.7 Å². The highest BCUT2D eigenvalue weighted by atomic mass is 35.5. The second kappa shape index (κ2) is 7.08. The summed E-state index contributed by atoms with van der Waals surface area (Å²) in [5, 5.41) is 3.38. The molecule has 4 nitrogen and oxygen atoms in total. The summed E-state index contributed by atoms with van der Waals surface area (Å²) in [5.74, 6) is 0.404. The summed E-state index contributed by atoms with van der Waals surface area (Å²) >= 11 is 11.5. The van der Waals surface area contributed by atoms with Gasteiger partial charge in [-0.15, -0.1) is 0 Å². The van der Waals surface area contributed by atoms with Gasteiger partial charge in [0.25, 0.3) is 5.56 Å². The van der Waals surface area contributed by atoms with Crippen LogP contribution in [-0.2, 0) is 12.7 Å². The normalized spacial score (nSPS) is 21.2. The summed E-state index contributed by atoms with van der Waals surface area (Å²) in [6.45, 7) is 1.86. The molecule has 148 valence electrons. The number of fused-ring (bicyclic) bond motifs is 4. The number of hydrogen-bond donors (Lipinski definition) is 1. The van der Waals surface area contributed by atoms with Crippen LogP contribution in [0.2, 0.25) is 5.02 Å². The molecule has 0 saturated carbocycles. The monoisotopic (exact) mass is 427 g/mol. The van der Waals surface area contributed by atoms with Crippen molar-refractivity contribution >= 4 is 34.6 Å². The van der Waals surface area contributed by atoms with Gasteiger partial charge in [-0.25, -0.2) is 0 Å². The summed E-state index contributed by atoms with van der Waals surface area (Å²) in [4.78, 5) is 14.1. The van der Waals surface area contributed by atoms with E-state index in [9.17, 15) is 18.0 Å². The highest BCUT2D eigenvalue weighted by Crippen LogP contribution is 2.36. The minimum Gasteiger partial charge on any atom is -0.348 e. The maximum atomic E-state index is 13.0. The number of benzene rings is 1. The maximum Gasteiger partial charge on any atom is 0.416 e. The molecule has 4 rings (SSSR count). The van der Waals surface area contributed by atoms with E-state index >= 15 is 0 Å². The molecule has 2 atom stereocenters. The van der Waals surface area contributed by atoms with Gasteiger partial charge < -0.3 is 14.8 Å². The Morgan fingerprint density at radius 1 is 1.18 bits per heavy atom. The van der Waals surface area contributed by atoms with Gasteiger partial charge in [-0.05, 0) is 48.8 Å². The molecule has 0 amide bonds. The first-order valence-corrected chi connectivity index (χ1v) is 9.63. The molecule has 2 aromatic rings. The number of nitrogens with one attached hydrogen (secondary N) is 1. The molecular weight excluding hydrogens is 411 g/mol. The third-order valence-electron chi connectivity index (χ3n) is 5.30. The summed E-state index contributed by atoms with van der Waals surface area (Å²) in [6, 6.07) is 8.39. The lowest BCUT2D eigenvalue weighted by atomic mass is 9.83. The van der Waals surface area contributed by atoms with Crippen LogP contribution in [0.15, 0.2) is 41.2 Å². The minimum absolute atomic E-state index is 0.00269. The summed E-state index contributed by atoms with van der Waals surface area (Å²) in [7, 11) is 0. The predicted octanol–water partition coefficient (Wildman–Crippen LogP) is 4.34. The first-order chi connectivity index (χ1) is 13.2. The van der Waals surface area contributed by atoms with Crippen LogP contribution in [-0.4, -0.2) is 27.7 Å². The lowest BCUT2D eigenvalue weighted by Gasteiger charge is -2.43. The fraction of sp³-hybridized carbons (Fsp3) is 0.368. The number of aromatic nitrogens is 1. The second-order valence-corrected chi connectivity index (χ2v) is 8.02. The Bertz CT molecular complexity index is 991. The van der Waals surface area contributed by atoms with Crippen molar-refractivity contribution < 1.29 is 13.2 Å². The molecule has 28 heavy (non-hydrogen) atoms. The minimum atomic E-state index is -4.46. The van der Waals surface area contributed by atoms with Gasteiger partial charge in [0.05, 0.1) is 16.3 Å². The molecule has 2 aliphatic heterocycles. The second-order valence-electron chi connectivity index (χ2n) is 7.23. The number of alkyl halides is 3. The first kappa shape index (κ1) is 19.3. The number of pyridine rings is 1. The number of nitrogens with zero attached hydrogens (tertiary/aromatic N) is 2. The topological polar surface area (TPSA) is 37.3 Å². The number of piperidine rings is 1. The van der Waals surface area contributed by atoms with Crippen LogP contribution >= 0.6 is 23.8 Å². The molecule has 2 unspecified atom stereocenters. The van der Waals surface area contributed by atoms with Gasteiger partial charge in [-0.3, -0.25) is 4.79 Å². The Kier molecular flexibility index (Phi) is 4.87. The lowest BCUT2D eigenvalue weighted by Crippen LogP contribution is -2.50. The number of hydrogen-bond acceptors (Lipinski definition) is 2. The van der Waals surface area contributed by atoms with Crippen LogP contribution < -0.4 is 10.9 Å². The fourth-order valence-electron chi connectivity index (χ4n) is 4.05. The van der Waals surface area contributed by atoms with Gasteiger partial charge in [0.1, 0.15) is 0 Å². The van der Waals surface area contributed by atoms with E-state index in [0.717, 1.165) is 24.2 Å². The van der Waals surface area contributed by atoms with Crippen LogP contribution in [0, 0.1) is 5.92 Å². The third-order valence-corrected chi connectivity index (χ3v) is 5.99. The SMILES string of the molecule is O=c1cccc2n1CC1CC2CN(C(=S)Nc2cc(C(F)(F)F)ccc2Cl)C1. The summed E-state index contributed by atoms with van der Waals surface area (Å²) in [6.07, 6.45) is -3.49. The van der Waals surface area contributed by atoms with Crippen molar-refractivity contribution in [2.24, 2.45) is 5.92 Å². The molecule has 0 aliphatic carbocycles. The van der Waals surface area contributed by atoms with Crippen molar-refractivity contribution in [1.29, 1.82) is 0 Å². The Morgan fingerprint density at radius 2 is 1.96 bits per heavy atom. The zero-order chi connectivity index (χ0) is 20.1. The van der Waals surface area contributed by atoms with Crippen LogP contribution in [0.25, 0.3) is 0 Å². The Morgan fingerprint density at radius 3 is 2.71 bits per heavy atom. The molecular formula is C19H17ClF3N3OS. The average Bonchev–Trinajstić information content (AvgIpc) is 2.63. The van der Waals surface area contributed by atoms with Gasteiger partial charge in [-0.2, -0.15) is 13.2 Å². The van der Waals surface area contributed by atoms with Crippen molar-refractivity contribution in [2.45, 2.75) is 25.1 Å². The quantitative estimate of drug-likeness (QED) is 0.687. The molecule has 3 heterocycles. The van der Waals surface area contributed by atoms with E-state index in [2.05, 4.69) is 5.32 Å². The smallest absolute Gasteiger partial charge is 0.348 e. The van der Waals surface area contributed by atoms with E-state index in [1.54, 1.807) is 12.1 Å². The van der Waals surface area contributed by atoms with Crippen molar-refractivity contribution in [3.8, 4) is 0 Å². The van der Waals surface area contributed by atoms with Gasteiger partial charge in [0, 0.05) is 37.3 Å². The average molecular weight is 428 g/mol. The molecule has 1 N–H and O–H groups in total. The van der Waals surface area contributed by atoms with Crippen molar-refractivity contribution in [2.75, 3.05) is 18.4 Å². The summed E-state index contributed by atoms with van der Waals surface area (Å²) < 4.78 is 40.8. The fourth-order valence-corrected chi connectivity index (χ4v) is 4.48. The molecule has 2 bridgehead atoms. The third kappa shape index (κ3) is 3.63. The zero-order valence-corrected chi connectivity index (χ0v) is 16.2. The molecule has 2 aliphatic rings. The molecule has 1 saturated heterocycles. The van der Waals surface area contributed by atoms with Crippen LogP contribution in [0.5, 0.6) is 0 Å². The largest absolute Gasteiger partial charge is 0.416 e. The number of likely N-dealkylation sites (tertiary alicyclic amines) is 1. The van der Waals surface area contributed by atoms with Crippen LogP contribution in [0.3, 0.4) is 0 Å². The molecule has 1 fully saturated rings. The van der Waals surface area contributed by atoms with Crippen molar-refractivity contribution in [3.05, 3.63) is 63.0 Å². The van der Waals surface area contributed by atoms with E-state index in [4.69, 9.17) is 23.8 Å². The number of anilines is 1. The van der Waals surface area contributed by atoms with Crippen molar-refractivity contribution in [1.82, 2.24) is 9.47 Å². The first-order valence-electron chi connectivity index (χ1n) is 8.85. The van der Waals surface area contributed by atoms with E-state index in [1.807, 2.05) is 15.5 Å². The zero-order valence-electron chi connectivity index (χ0n) is 14.7. The van der Waals surface area contributed by atoms with E-state index in [-0.39, 0.29) is 28.1 Å². The van der Waals surface area contributed by atoms with Crippen molar-refractivity contribution in [3.63, 3.8) is 0 Å². The van der Waals surface area contributed by atoms with E-state index < -0.39 is 11.7 Å². The van der Waals surface area contributed by atoms with Gasteiger partial charge in [0.2, 0.25) is 0 Å². The molecule has 1 aromatic carbocycles. The maximum absolute atomic E-state index is 13.0. The molecule has 1 aromatic heterocycles. The lowest BCUT2D eigenvalue weighted by molar-refractivity contribution is -0.137. The van der Waals surface area contributed by atoms with Gasteiger partial charge in [-0.1, -0.05) is 17.7 Å². The van der Waals surface area contributed by atoms with Crippen LogP contribution in [0.1, 0.15) is 23.6 Å². The Labute approximate surface area is 169 Å². The predicted molar refractivity (Wildman–Crippen MR) is 106 cm³/mol. The molecule has 0 spiro atoms. The number of rotatable bonds is 1.